The molecule has 1 fully saturated rings. The summed E-state index contributed by atoms with van der Waals surface area (Å²) in [5.74, 6) is -0.202. The average Bonchev–Trinajstić information content (AvgIpc) is 3.15. The molecule has 0 bridgehead atoms. The van der Waals surface area contributed by atoms with Crippen molar-refractivity contribution in [1.82, 2.24) is 9.55 Å². The van der Waals surface area contributed by atoms with E-state index in [1.807, 2.05) is 5.38 Å². The molecule has 130 valence electrons. The Kier molecular flexibility index (Phi) is 5.33. The van der Waals surface area contributed by atoms with E-state index in [2.05, 4.69) is 41.7 Å². The number of ether oxygens (including phenoxy) is 2. The number of aromatic nitrogens is 2. The third-order valence-corrected chi connectivity index (χ3v) is 4.90. The number of nitrogens with one attached hydrogen (secondary N) is 1. The van der Waals surface area contributed by atoms with Crippen LogP contribution in [0.25, 0.3) is 11.3 Å². The number of anilines is 1. The van der Waals surface area contributed by atoms with Crippen LogP contribution in [0.5, 0.6) is 0 Å². The number of carbonyl (C=O) groups excluding carboxylic acids is 1. The van der Waals surface area contributed by atoms with Crippen molar-refractivity contribution in [1.29, 1.82) is 0 Å². The zero-order chi connectivity index (χ0) is 17.1. The molecule has 0 aliphatic carbocycles. The van der Waals surface area contributed by atoms with Gasteiger partial charge in [-0.15, -0.1) is 11.3 Å². The number of amides is 1. The Morgan fingerprint density at radius 3 is 3.00 bits per heavy atom. The Balaban J connectivity index is 1.73. The summed E-state index contributed by atoms with van der Waals surface area (Å²) in [5, 5.41) is 5.39. The SMILES string of the molecule is CCCn1c(C)cc(-c2csc(NC(=O)C3COCCO3)n2)c1C. The van der Waals surface area contributed by atoms with Gasteiger partial charge in [0.05, 0.1) is 25.5 Å². The van der Waals surface area contributed by atoms with Gasteiger partial charge in [0.1, 0.15) is 0 Å². The Labute approximate surface area is 145 Å². The Morgan fingerprint density at radius 1 is 1.46 bits per heavy atom. The molecule has 1 unspecified atom stereocenters. The number of hydrogen-bond donors (Lipinski definition) is 1. The summed E-state index contributed by atoms with van der Waals surface area (Å²) < 4.78 is 13.0. The van der Waals surface area contributed by atoms with Crippen molar-refractivity contribution < 1.29 is 14.3 Å². The second-order valence-electron chi connectivity index (χ2n) is 5.90. The Bertz CT molecular complexity index is 717. The first-order chi connectivity index (χ1) is 11.6. The lowest BCUT2D eigenvalue weighted by molar-refractivity contribution is -0.142. The van der Waals surface area contributed by atoms with Crippen molar-refractivity contribution in [3.05, 3.63) is 22.8 Å². The molecule has 0 saturated carbocycles. The lowest BCUT2D eigenvalue weighted by atomic mass is 10.2. The van der Waals surface area contributed by atoms with E-state index in [4.69, 9.17) is 9.47 Å². The molecule has 0 aromatic carbocycles. The molecule has 24 heavy (non-hydrogen) atoms. The van der Waals surface area contributed by atoms with E-state index in [0.717, 1.165) is 24.2 Å². The molecule has 6 nitrogen and oxygen atoms in total. The van der Waals surface area contributed by atoms with Gasteiger partial charge in [-0.2, -0.15) is 0 Å². The summed E-state index contributed by atoms with van der Waals surface area (Å²) >= 11 is 1.43. The number of nitrogens with zero attached hydrogens (tertiary/aromatic N) is 2. The van der Waals surface area contributed by atoms with Gasteiger partial charge in [0, 0.05) is 28.9 Å². The summed E-state index contributed by atoms with van der Waals surface area (Å²) in [6, 6.07) is 2.16. The van der Waals surface area contributed by atoms with Gasteiger partial charge >= 0.3 is 0 Å². The van der Waals surface area contributed by atoms with E-state index in [1.54, 1.807) is 0 Å². The van der Waals surface area contributed by atoms with Gasteiger partial charge in [-0.1, -0.05) is 6.92 Å². The highest BCUT2D eigenvalue weighted by molar-refractivity contribution is 7.14. The summed E-state index contributed by atoms with van der Waals surface area (Å²) in [6.45, 7) is 8.69. The largest absolute Gasteiger partial charge is 0.376 e. The second-order valence-corrected chi connectivity index (χ2v) is 6.76. The van der Waals surface area contributed by atoms with Gasteiger partial charge in [-0.25, -0.2) is 4.98 Å². The summed E-state index contributed by atoms with van der Waals surface area (Å²) in [6.07, 6.45) is 0.540. The maximum absolute atomic E-state index is 12.2. The van der Waals surface area contributed by atoms with Crippen LogP contribution in [0.3, 0.4) is 0 Å². The molecular formula is C17H23N3O3S. The minimum Gasteiger partial charge on any atom is -0.376 e. The van der Waals surface area contributed by atoms with Crippen LogP contribution in [0, 0.1) is 13.8 Å². The van der Waals surface area contributed by atoms with Gasteiger partial charge in [0.25, 0.3) is 5.91 Å². The molecule has 1 N–H and O–H groups in total. The molecule has 7 heteroatoms. The number of aryl methyl sites for hydroxylation is 1. The zero-order valence-electron chi connectivity index (χ0n) is 14.3. The lowest BCUT2D eigenvalue weighted by Gasteiger charge is -2.21. The first-order valence-corrected chi connectivity index (χ1v) is 9.11. The van der Waals surface area contributed by atoms with Crippen LogP contribution in [0.1, 0.15) is 24.7 Å². The highest BCUT2D eigenvalue weighted by atomic mass is 32.1. The van der Waals surface area contributed by atoms with E-state index in [9.17, 15) is 4.79 Å². The van der Waals surface area contributed by atoms with E-state index >= 15 is 0 Å². The highest BCUT2D eigenvalue weighted by Gasteiger charge is 2.23. The number of carbonyl (C=O) groups is 1. The molecule has 2 aromatic heterocycles. The van der Waals surface area contributed by atoms with E-state index in [-0.39, 0.29) is 5.91 Å². The zero-order valence-corrected chi connectivity index (χ0v) is 15.1. The monoisotopic (exact) mass is 349 g/mol. The lowest BCUT2D eigenvalue weighted by Crippen LogP contribution is -2.39. The Hall–Kier alpha value is -1.70. The molecule has 3 heterocycles. The van der Waals surface area contributed by atoms with E-state index in [1.165, 1.54) is 22.7 Å². The number of rotatable bonds is 5. The van der Waals surface area contributed by atoms with Gasteiger partial charge in [0.15, 0.2) is 11.2 Å². The van der Waals surface area contributed by atoms with Gasteiger partial charge in [0.2, 0.25) is 0 Å². The fourth-order valence-electron chi connectivity index (χ4n) is 2.91. The van der Waals surface area contributed by atoms with Crippen LogP contribution < -0.4 is 5.32 Å². The van der Waals surface area contributed by atoms with Crippen molar-refractivity contribution in [2.24, 2.45) is 0 Å². The smallest absolute Gasteiger partial charge is 0.257 e. The van der Waals surface area contributed by atoms with Crippen LogP contribution in [0.2, 0.25) is 0 Å². The molecule has 1 aliphatic heterocycles. The normalized spacial score (nSPS) is 17.9. The van der Waals surface area contributed by atoms with Crippen molar-refractivity contribution in [3.63, 3.8) is 0 Å². The van der Waals surface area contributed by atoms with Crippen LogP contribution in [-0.2, 0) is 20.8 Å². The standard InChI is InChI=1S/C17H23N3O3S/c1-4-5-20-11(2)8-13(12(20)3)14-10-24-17(18-14)19-16(21)15-9-22-6-7-23-15/h8,10,15H,4-7,9H2,1-3H3,(H,18,19,21). The first kappa shape index (κ1) is 17.1. The van der Waals surface area contributed by atoms with Crippen molar-refractivity contribution in [2.75, 3.05) is 25.1 Å². The number of hydrogen-bond acceptors (Lipinski definition) is 5. The highest BCUT2D eigenvalue weighted by Crippen LogP contribution is 2.30. The molecule has 1 aliphatic rings. The van der Waals surface area contributed by atoms with Crippen LogP contribution >= 0.6 is 11.3 Å². The predicted octanol–water partition coefficient (Wildman–Crippen LogP) is 2.99. The van der Waals surface area contributed by atoms with Crippen LogP contribution in [0.15, 0.2) is 11.4 Å². The van der Waals surface area contributed by atoms with Crippen molar-refractivity contribution in [3.8, 4) is 11.3 Å². The van der Waals surface area contributed by atoms with E-state index < -0.39 is 6.10 Å². The molecule has 2 aromatic rings. The fourth-order valence-corrected chi connectivity index (χ4v) is 3.62. The molecule has 1 atom stereocenters. The molecule has 0 radical (unpaired) electrons. The predicted molar refractivity (Wildman–Crippen MR) is 94.5 cm³/mol. The molecular weight excluding hydrogens is 326 g/mol. The maximum atomic E-state index is 12.2. The third kappa shape index (κ3) is 3.53. The van der Waals surface area contributed by atoms with Gasteiger partial charge in [-0.05, 0) is 26.3 Å². The topological polar surface area (TPSA) is 65.4 Å². The Morgan fingerprint density at radius 2 is 2.29 bits per heavy atom. The summed E-state index contributed by atoms with van der Waals surface area (Å²) in [7, 11) is 0. The minimum atomic E-state index is -0.555. The molecule has 0 spiro atoms. The van der Waals surface area contributed by atoms with Gasteiger partial charge in [-0.3, -0.25) is 10.1 Å². The summed E-state index contributed by atoms with van der Waals surface area (Å²) in [5.41, 5.74) is 4.46. The molecule has 3 rings (SSSR count). The molecule has 1 saturated heterocycles. The van der Waals surface area contributed by atoms with Crippen LogP contribution in [0.4, 0.5) is 5.13 Å². The fraction of sp³-hybridized carbons (Fsp3) is 0.529. The molecule has 1 amide bonds. The maximum Gasteiger partial charge on any atom is 0.257 e. The first-order valence-electron chi connectivity index (χ1n) is 8.23. The number of thiazole rings is 1. The van der Waals surface area contributed by atoms with Gasteiger partial charge < -0.3 is 14.0 Å². The van der Waals surface area contributed by atoms with Crippen LogP contribution in [-0.4, -0.2) is 41.4 Å². The van der Waals surface area contributed by atoms with E-state index in [0.29, 0.717) is 25.0 Å². The second kappa shape index (κ2) is 7.46. The third-order valence-electron chi connectivity index (χ3n) is 4.14. The van der Waals surface area contributed by atoms with Crippen molar-refractivity contribution in [2.45, 2.75) is 39.8 Å². The minimum absolute atomic E-state index is 0.202. The average molecular weight is 349 g/mol. The quantitative estimate of drug-likeness (QED) is 0.901. The summed E-state index contributed by atoms with van der Waals surface area (Å²) in [4.78, 5) is 16.7. The van der Waals surface area contributed by atoms with Crippen molar-refractivity contribution >= 4 is 22.4 Å².